The van der Waals surface area contributed by atoms with E-state index in [1.54, 1.807) is 6.07 Å². The molecule has 16 heavy (non-hydrogen) atoms. The maximum atomic E-state index is 13.0. The molecule has 0 radical (unpaired) electrons. The summed E-state index contributed by atoms with van der Waals surface area (Å²) in [6, 6.07) is 4.97. The molecule has 1 aliphatic rings. The van der Waals surface area contributed by atoms with Crippen LogP contribution in [0.1, 0.15) is 36.8 Å². The van der Waals surface area contributed by atoms with Gasteiger partial charge in [0.2, 0.25) is 0 Å². The molecule has 1 nitrogen and oxygen atoms in total. The van der Waals surface area contributed by atoms with Crippen LogP contribution in [0.3, 0.4) is 0 Å². The zero-order chi connectivity index (χ0) is 11.4. The zero-order valence-corrected chi connectivity index (χ0v) is 10.2. The van der Waals surface area contributed by atoms with Gasteiger partial charge < -0.3 is 5.73 Å². The first kappa shape index (κ1) is 11.9. The van der Waals surface area contributed by atoms with E-state index in [2.05, 4.69) is 0 Å². The van der Waals surface area contributed by atoms with E-state index in [4.69, 9.17) is 5.73 Å². The fourth-order valence-corrected chi connectivity index (χ4v) is 3.55. The monoisotopic (exact) mass is 239 g/mol. The van der Waals surface area contributed by atoms with Crippen LogP contribution in [0, 0.1) is 5.82 Å². The third kappa shape index (κ3) is 2.98. The van der Waals surface area contributed by atoms with Gasteiger partial charge in [0.05, 0.1) is 0 Å². The summed E-state index contributed by atoms with van der Waals surface area (Å²) in [5, 5.41) is 0.802. The SMILES string of the molecule is NCc1cc(F)ccc1CSC1CCCC1. The van der Waals surface area contributed by atoms with Crippen LogP contribution in [0.2, 0.25) is 0 Å². The molecule has 1 aromatic carbocycles. The molecule has 2 N–H and O–H groups in total. The van der Waals surface area contributed by atoms with E-state index in [0.29, 0.717) is 6.54 Å². The average Bonchev–Trinajstić information content (AvgIpc) is 2.80. The van der Waals surface area contributed by atoms with Crippen LogP contribution in [-0.2, 0) is 12.3 Å². The molecular weight excluding hydrogens is 221 g/mol. The first-order chi connectivity index (χ1) is 7.79. The summed E-state index contributed by atoms with van der Waals surface area (Å²) in [4.78, 5) is 0. The van der Waals surface area contributed by atoms with Crippen molar-refractivity contribution >= 4 is 11.8 Å². The molecule has 0 unspecified atom stereocenters. The second-order valence-electron chi connectivity index (χ2n) is 4.33. The molecule has 0 heterocycles. The molecule has 3 heteroatoms. The van der Waals surface area contributed by atoms with E-state index in [1.165, 1.54) is 37.3 Å². The van der Waals surface area contributed by atoms with E-state index in [0.717, 1.165) is 16.6 Å². The molecule has 2 rings (SSSR count). The zero-order valence-electron chi connectivity index (χ0n) is 9.42. The molecule has 1 fully saturated rings. The molecule has 88 valence electrons. The molecule has 1 aliphatic carbocycles. The van der Waals surface area contributed by atoms with Crippen molar-refractivity contribution in [2.45, 2.75) is 43.2 Å². The van der Waals surface area contributed by atoms with Crippen LogP contribution in [0.25, 0.3) is 0 Å². The van der Waals surface area contributed by atoms with Crippen LogP contribution < -0.4 is 5.73 Å². The number of rotatable bonds is 4. The Morgan fingerprint density at radius 3 is 2.69 bits per heavy atom. The highest BCUT2D eigenvalue weighted by Gasteiger charge is 2.15. The number of thioether (sulfide) groups is 1. The summed E-state index contributed by atoms with van der Waals surface area (Å²) >= 11 is 1.99. The van der Waals surface area contributed by atoms with Gasteiger partial charge in [-0.05, 0) is 36.1 Å². The van der Waals surface area contributed by atoms with Crippen LogP contribution in [-0.4, -0.2) is 5.25 Å². The number of benzene rings is 1. The largest absolute Gasteiger partial charge is 0.326 e. The summed E-state index contributed by atoms with van der Waals surface area (Å²) in [5.74, 6) is 0.785. The Balaban J connectivity index is 1.97. The van der Waals surface area contributed by atoms with Gasteiger partial charge in [0.25, 0.3) is 0 Å². The lowest BCUT2D eigenvalue weighted by atomic mass is 10.1. The van der Waals surface area contributed by atoms with E-state index < -0.39 is 0 Å². The Kier molecular flexibility index (Phi) is 4.24. The molecule has 0 aromatic heterocycles. The summed E-state index contributed by atoms with van der Waals surface area (Å²) in [7, 11) is 0. The first-order valence-corrected chi connectivity index (χ1v) is 6.93. The number of hydrogen-bond acceptors (Lipinski definition) is 2. The minimum absolute atomic E-state index is 0.185. The molecule has 0 spiro atoms. The lowest BCUT2D eigenvalue weighted by molar-refractivity contribution is 0.624. The topological polar surface area (TPSA) is 26.0 Å². The molecule has 0 saturated heterocycles. The Morgan fingerprint density at radius 1 is 1.25 bits per heavy atom. The van der Waals surface area contributed by atoms with Gasteiger partial charge in [-0.3, -0.25) is 0 Å². The molecule has 0 bridgehead atoms. The number of hydrogen-bond donors (Lipinski definition) is 1. The molecular formula is C13H18FNS. The molecule has 0 amide bonds. The summed E-state index contributed by atoms with van der Waals surface area (Å²) in [6.45, 7) is 0.429. The third-order valence-corrected chi connectivity index (χ3v) is 4.59. The molecule has 1 saturated carbocycles. The van der Waals surface area contributed by atoms with Crippen molar-refractivity contribution in [3.63, 3.8) is 0 Å². The predicted octanol–water partition coefficient (Wildman–Crippen LogP) is 3.46. The van der Waals surface area contributed by atoms with Crippen molar-refractivity contribution < 1.29 is 4.39 Å². The second-order valence-corrected chi connectivity index (χ2v) is 5.62. The second kappa shape index (κ2) is 5.69. The van der Waals surface area contributed by atoms with Crippen molar-refractivity contribution in [2.75, 3.05) is 0 Å². The molecule has 0 aliphatic heterocycles. The highest BCUT2D eigenvalue weighted by molar-refractivity contribution is 7.99. The number of nitrogens with two attached hydrogens (primary N) is 1. The Labute approximate surface area is 101 Å². The fourth-order valence-electron chi connectivity index (χ4n) is 2.19. The fraction of sp³-hybridized carbons (Fsp3) is 0.538. The smallest absolute Gasteiger partial charge is 0.123 e. The van der Waals surface area contributed by atoms with Crippen LogP contribution >= 0.6 is 11.8 Å². The summed E-state index contributed by atoms with van der Waals surface area (Å²) in [5.41, 5.74) is 7.77. The van der Waals surface area contributed by atoms with Crippen molar-refractivity contribution in [2.24, 2.45) is 5.73 Å². The van der Waals surface area contributed by atoms with Crippen molar-refractivity contribution in [1.82, 2.24) is 0 Å². The van der Waals surface area contributed by atoms with Crippen molar-refractivity contribution in [3.05, 3.63) is 35.1 Å². The van der Waals surface area contributed by atoms with E-state index in [9.17, 15) is 4.39 Å². The van der Waals surface area contributed by atoms with Crippen molar-refractivity contribution in [3.8, 4) is 0 Å². The van der Waals surface area contributed by atoms with Gasteiger partial charge in [0.15, 0.2) is 0 Å². The first-order valence-electron chi connectivity index (χ1n) is 5.88. The van der Waals surface area contributed by atoms with E-state index >= 15 is 0 Å². The van der Waals surface area contributed by atoms with Gasteiger partial charge in [-0.1, -0.05) is 18.9 Å². The average molecular weight is 239 g/mol. The lowest BCUT2D eigenvalue weighted by Gasteiger charge is -2.11. The molecule has 0 atom stereocenters. The van der Waals surface area contributed by atoms with E-state index in [1.807, 2.05) is 17.8 Å². The minimum Gasteiger partial charge on any atom is -0.326 e. The van der Waals surface area contributed by atoms with Crippen LogP contribution in [0.15, 0.2) is 18.2 Å². The third-order valence-electron chi connectivity index (χ3n) is 3.16. The highest BCUT2D eigenvalue weighted by atomic mass is 32.2. The van der Waals surface area contributed by atoms with Gasteiger partial charge in [0, 0.05) is 17.5 Å². The lowest BCUT2D eigenvalue weighted by Crippen LogP contribution is -2.03. The van der Waals surface area contributed by atoms with Gasteiger partial charge in [-0.2, -0.15) is 11.8 Å². The summed E-state index contributed by atoms with van der Waals surface area (Å²) in [6.07, 6.45) is 5.41. The summed E-state index contributed by atoms with van der Waals surface area (Å²) < 4.78 is 13.0. The maximum absolute atomic E-state index is 13.0. The van der Waals surface area contributed by atoms with Crippen LogP contribution in [0.5, 0.6) is 0 Å². The maximum Gasteiger partial charge on any atom is 0.123 e. The van der Waals surface area contributed by atoms with Gasteiger partial charge >= 0.3 is 0 Å². The predicted molar refractivity (Wildman–Crippen MR) is 67.8 cm³/mol. The Hall–Kier alpha value is -0.540. The Morgan fingerprint density at radius 2 is 2.00 bits per heavy atom. The van der Waals surface area contributed by atoms with Gasteiger partial charge in [-0.25, -0.2) is 4.39 Å². The quantitative estimate of drug-likeness (QED) is 0.870. The minimum atomic E-state index is -0.185. The van der Waals surface area contributed by atoms with Gasteiger partial charge in [0.1, 0.15) is 5.82 Å². The Bertz CT molecular complexity index is 348. The number of halogens is 1. The van der Waals surface area contributed by atoms with E-state index in [-0.39, 0.29) is 5.82 Å². The van der Waals surface area contributed by atoms with Crippen molar-refractivity contribution in [1.29, 1.82) is 0 Å². The standard InChI is InChI=1S/C13H18FNS/c14-12-6-5-10(11(7-12)8-15)9-16-13-3-1-2-4-13/h5-7,13H,1-4,8-9,15H2. The highest BCUT2D eigenvalue weighted by Crippen LogP contribution is 2.32. The normalized spacial score (nSPS) is 16.9. The molecule has 1 aromatic rings. The van der Waals surface area contributed by atoms with Gasteiger partial charge in [-0.15, -0.1) is 0 Å². The van der Waals surface area contributed by atoms with Crippen LogP contribution in [0.4, 0.5) is 4.39 Å².